The third-order valence-corrected chi connectivity index (χ3v) is 7.24. The average Bonchev–Trinajstić information content (AvgIpc) is 2.84. The second kappa shape index (κ2) is 10.0. The van der Waals surface area contributed by atoms with Crippen LogP contribution in [0.15, 0.2) is 71.6 Å². The predicted molar refractivity (Wildman–Crippen MR) is 136 cm³/mol. The van der Waals surface area contributed by atoms with Crippen LogP contribution in [0.25, 0.3) is 0 Å². The lowest BCUT2D eigenvalue weighted by Gasteiger charge is -2.29. The number of nitrogen functional groups attached to an aromatic ring is 1. The van der Waals surface area contributed by atoms with Crippen LogP contribution in [0.5, 0.6) is 0 Å². The lowest BCUT2D eigenvalue weighted by atomic mass is 10.1. The van der Waals surface area contributed by atoms with Crippen molar-refractivity contribution < 1.29 is 18.0 Å². The summed E-state index contributed by atoms with van der Waals surface area (Å²) >= 11 is 0. The molecule has 3 amide bonds. The molecule has 0 unspecified atom stereocenters. The van der Waals surface area contributed by atoms with E-state index >= 15 is 0 Å². The van der Waals surface area contributed by atoms with Gasteiger partial charge in [0.15, 0.2) is 0 Å². The molecule has 0 atom stereocenters. The minimum absolute atomic E-state index is 0.0167. The van der Waals surface area contributed by atoms with Crippen LogP contribution in [0.3, 0.4) is 0 Å². The normalized spacial score (nSPS) is 14.1. The van der Waals surface area contributed by atoms with E-state index in [0.29, 0.717) is 41.3 Å². The van der Waals surface area contributed by atoms with Gasteiger partial charge in [-0.2, -0.15) is 0 Å². The molecule has 0 saturated carbocycles. The van der Waals surface area contributed by atoms with E-state index in [1.807, 2.05) is 7.05 Å². The molecule has 11 heteroatoms. The zero-order valence-electron chi connectivity index (χ0n) is 19.0. The Bertz CT molecular complexity index is 1360. The molecule has 0 fully saturated rings. The van der Waals surface area contributed by atoms with Crippen LogP contribution >= 0.6 is 0 Å². The fraction of sp³-hybridized carbons (Fsp3) is 0.167. The summed E-state index contributed by atoms with van der Waals surface area (Å²) in [6, 6.07) is 17.3. The summed E-state index contributed by atoms with van der Waals surface area (Å²) in [7, 11) is -2.26. The Morgan fingerprint density at radius 2 is 1.77 bits per heavy atom. The number of carbonyl (C=O) groups is 2. The van der Waals surface area contributed by atoms with Gasteiger partial charge in [-0.05, 0) is 55.1 Å². The van der Waals surface area contributed by atoms with Crippen molar-refractivity contribution in [3.05, 3.63) is 77.9 Å². The molecule has 6 N–H and O–H groups in total. The van der Waals surface area contributed by atoms with Crippen molar-refractivity contribution in [1.82, 2.24) is 9.62 Å². The Labute approximate surface area is 203 Å². The summed E-state index contributed by atoms with van der Waals surface area (Å²) in [6.07, 6.45) is 0. The Kier molecular flexibility index (Phi) is 6.90. The summed E-state index contributed by atoms with van der Waals surface area (Å²) in [5, 5.41) is 11.5. The van der Waals surface area contributed by atoms with Crippen LogP contribution in [-0.4, -0.2) is 44.8 Å². The Hall–Kier alpha value is -4.09. The molecule has 10 nitrogen and oxygen atoms in total. The molecule has 0 spiro atoms. The lowest BCUT2D eigenvalue weighted by molar-refractivity contribution is 0.102. The van der Waals surface area contributed by atoms with Crippen LogP contribution in [-0.2, 0) is 16.6 Å². The number of rotatable bonds is 8. The number of amides is 3. The first kappa shape index (κ1) is 24.0. The van der Waals surface area contributed by atoms with Crippen LogP contribution in [0, 0.1) is 0 Å². The summed E-state index contributed by atoms with van der Waals surface area (Å²) in [6.45, 7) is 1.14. The number of nitrogens with zero attached hydrogens (tertiary/aromatic N) is 1. The van der Waals surface area contributed by atoms with Crippen LogP contribution < -0.4 is 27.0 Å². The zero-order chi connectivity index (χ0) is 25.0. The van der Waals surface area contributed by atoms with E-state index < -0.39 is 16.1 Å². The molecule has 3 aromatic rings. The number of anilines is 4. The number of para-hydroxylation sites is 2. The topological polar surface area (TPSA) is 146 Å². The van der Waals surface area contributed by atoms with E-state index in [2.05, 4.69) is 21.3 Å². The monoisotopic (exact) mass is 494 g/mol. The molecule has 182 valence electrons. The molecule has 0 saturated heterocycles. The number of benzene rings is 3. The average molecular weight is 495 g/mol. The number of nitrogens with one attached hydrogen (secondary N) is 4. The number of sulfonamides is 1. The molecule has 1 aliphatic rings. The third-order valence-electron chi connectivity index (χ3n) is 5.47. The fourth-order valence-electron chi connectivity index (χ4n) is 3.58. The van der Waals surface area contributed by atoms with E-state index in [1.54, 1.807) is 60.7 Å². The van der Waals surface area contributed by atoms with Gasteiger partial charge in [0.1, 0.15) is 4.90 Å². The van der Waals surface area contributed by atoms with Gasteiger partial charge in [-0.25, -0.2) is 17.5 Å². The molecule has 35 heavy (non-hydrogen) atoms. The summed E-state index contributed by atoms with van der Waals surface area (Å²) in [4.78, 5) is 25.2. The molecule has 0 radical (unpaired) electrons. The van der Waals surface area contributed by atoms with E-state index in [9.17, 15) is 18.0 Å². The number of nitrogens with two attached hydrogens (primary N) is 1. The second-order valence-corrected chi connectivity index (χ2v) is 9.75. The van der Waals surface area contributed by atoms with Gasteiger partial charge in [0, 0.05) is 24.3 Å². The van der Waals surface area contributed by atoms with Crippen molar-refractivity contribution in [2.75, 3.05) is 41.8 Å². The quantitative estimate of drug-likeness (QED) is 0.239. The van der Waals surface area contributed by atoms with Crippen LogP contribution in [0.2, 0.25) is 0 Å². The van der Waals surface area contributed by atoms with Crippen molar-refractivity contribution in [3.63, 3.8) is 0 Å². The Balaban J connectivity index is 1.50. The van der Waals surface area contributed by atoms with Gasteiger partial charge in [-0.15, -0.1) is 0 Å². The molecular weight excluding hydrogens is 468 g/mol. The van der Waals surface area contributed by atoms with Gasteiger partial charge in [-0.1, -0.05) is 24.3 Å². The van der Waals surface area contributed by atoms with E-state index in [-0.39, 0.29) is 23.0 Å². The molecule has 0 aromatic heterocycles. The smallest absolute Gasteiger partial charge is 0.336 e. The van der Waals surface area contributed by atoms with Gasteiger partial charge < -0.3 is 27.0 Å². The number of fused-ring (bicyclic) bond motifs is 1. The number of hydrogen-bond acceptors (Lipinski definition) is 7. The molecular formula is C24H26N6O4S. The predicted octanol–water partition coefficient (Wildman–Crippen LogP) is 2.89. The number of likely N-dealkylation sites (N-methyl/N-ethyl adjacent to an activating group) is 1. The molecule has 1 heterocycles. The fourth-order valence-corrected chi connectivity index (χ4v) is 5.07. The summed E-state index contributed by atoms with van der Waals surface area (Å²) in [5.41, 5.74) is 8.59. The van der Waals surface area contributed by atoms with Crippen molar-refractivity contribution in [2.45, 2.75) is 11.4 Å². The minimum atomic E-state index is -4.08. The Morgan fingerprint density at radius 1 is 1.03 bits per heavy atom. The highest BCUT2D eigenvalue weighted by molar-refractivity contribution is 7.90. The highest BCUT2D eigenvalue weighted by Crippen LogP contribution is 2.33. The maximum Gasteiger partial charge on any atom is 0.336 e. The number of carbonyl (C=O) groups excluding carboxylic acids is 2. The standard InChI is InChI=1S/C24H26N6O4S/c1-26-12-13-27-18-10-11-21-22(14-18)35(33,34)30(24(32)29-21)15-16-6-8-17(9-7-16)23(31)28-20-5-3-2-4-19(20)25/h2-11,14,26-27H,12-13,15,25H2,1H3,(H,28,31)(H,29,32). The van der Waals surface area contributed by atoms with Gasteiger partial charge in [0.05, 0.1) is 23.6 Å². The highest BCUT2D eigenvalue weighted by atomic mass is 32.2. The second-order valence-electron chi connectivity index (χ2n) is 7.92. The first-order chi connectivity index (χ1) is 16.8. The van der Waals surface area contributed by atoms with Gasteiger partial charge in [-0.3, -0.25) is 4.79 Å². The maximum atomic E-state index is 13.3. The minimum Gasteiger partial charge on any atom is -0.397 e. The Morgan fingerprint density at radius 3 is 2.49 bits per heavy atom. The van der Waals surface area contributed by atoms with E-state index in [0.717, 1.165) is 4.31 Å². The van der Waals surface area contributed by atoms with Crippen molar-refractivity contribution in [1.29, 1.82) is 0 Å². The first-order valence-corrected chi connectivity index (χ1v) is 12.3. The van der Waals surface area contributed by atoms with Gasteiger partial charge in [0.2, 0.25) is 0 Å². The molecule has 3 aromatic carbocycles. The van der Waals surface area contributed by atoms with Crippen molar-refractivity contribution in [2.24, 2.45) is 0 Å². The molecule has 1 aliphatic heterocycles. The van der Waals surface area contributed by atoms with Crippen molar-refractivity contribution >= 4 is 44.7 Å². The number of urea groups is 1. The third kappa shape index (κ3) is 5.20. The SMILES string of the molecule is CNCCNc1ccc2c(c1)S(=O)(=O)N(Cc1ccc(C(=O)Nc3ccccc3N)cc1)C(=O)N2. The van der Waals surface area contributed by atoms with Gasteiger partial charge in [0.25, 0.3) is 15.9 Å². The van der Waals surface area contributed by atoms with Crippen LogP contribution in [0.1, 0.15) is 15.9 Å². The largest absolute Gasteiger partial charge is 0.397 e. The van der Waals surface area contributed by atoms with Gasteiger partial charge >= 0.3 is 6.03 Å². The lowest BCUT2D eigenvalue weighted by Crippen LogP contribution is -2.43. The highest BCUT2D eigenvalue weighted by Gasteiger charge is 2.36. The van der Waals surface area contributed by atoms with E-state index in [1.165, 1.54) is 6.07 Å². The van der Waals surface area contributed by atoms with E-state index in [4.69, 9.17) is 5.73 Å². The van der Waals surface area contributed by atoms with Crippen molar-refractivity contribution in [3.8, 4) is 0 Å². The first-order valence-electron chi connectivity index (χ1n) is 10.9. The zero-order valence-corrected chi connectivity index (χ0v) is 19.9. The number of hydrogen-bond donors (Lipinski definition) is 5. The summed E-state index contributed by atoms with van der Waals surface area (Å²) < 4.78 is 27.3. The molecule has 0 bridgehead atoms. The molecule has 4 rings (SSSR count). The van der Waals surface area contributed by atoms with Crippen LogP contribution in [0.4, 0.5) is 27.5 Å². The molecule has 0 aliphatic carbocycles. The summed E-state index contributed by atoms with van der Waals surface area (Å²) in [5.74, 6) is -0.356. The maximum absolute atomic E-state index is 13.3.